The molecule has 20 heavy (non-hydrogen) atoms. The Balaban J connectivity index is 3.18. The van der Waals surface area contributed by atoms with Crippen molar-refractivity contribution < 1.29 is 19.0 Å². The molecule has 0 saturated carbocycles. The fourth-order valence-corrected chi connectivity index (χ4v) is 2.07. The number of alkyl halides is 1. The standard InChI is InChI=1S/C14H20ClNO4/c1-9(15)8-16(2)14(17)10-6-12(19-4)13(20-5)7-11(10)18-3/h6-7,9H,8H2,1-5H3. The molecule has 0 aromatic heterocycles. The molecule has 0 N–H and O–H groups in total. The molecule has 5 nitrogen and oxygen atoms in total. The molecule has 0 heterocycles. The lowest BCUT2D eigenvalue weighted by molar-refractivity contribution is 0.0792. The zero-order chi connectivity index (χ0) is 15.3. The summed E-state index contributed by atoms with van der Waals surface area (Å²) in [5.74, 6) is 1.23. The number of methoxy groups -OCH3 is 3. The summed E-state index contributed by atoms with van der Waals surface area (Å²) in [6, 6.07) is 3.24. The number of amides is 1. The molecule has 1 atom stereocenters. The molecule has 1 rings (SSSR count). The van der Waals surface area contributed by atoms with E-state index < -0.39 is 0 Å². The van der Waals surface area contributed by atoms with Crippen LogP contribution < -0.4 is 14.2 Å². The van der Waals surface area contributed by atoms with Gasteiger partial charge >= 0.3 is 0 Å². The second-order valence-electron chi connectivity index (χ2n) is 4.37. The number of rotatable bonds is 6. The van der Waals surface area contributed by atoms with Crippen LogP contribution in [-0.4, -0.2) is 51.1 Å². The maximum atomic E-state index is 12.4. The van der Waals surface area contributed by atoms with Gasteiger partial charge in [0, 0.05) is 31.1 Å². The highest BCUT2D eigenvalue weighted by Crippen LogP contribution is 2.35. The predicted octanol–water partition coefficient (Wildman–Crippen LogP) is 2.41. The Morgan fingerprint density at radius 3 is 2.10 bits per heavy atom. The summed E-state index contributed by atoms with van der Waals surface area (Å²) in [4.78, 5) is 14.0. The van der Waals surface area contributed by atoms with Crippen molar-refractivity contribution in [3.8, 4) is 17.2 Å². The normalized spacial score (nSPS) is 11.7. The summed E-state index contributed by atoms with van der Waals surface area (Å²) in [6.07, 6.45) is 0. The molecule has 112 valence electrons. The molecule has 0 radical (unpaired) electrons. The maximum absolute atomic E-state index is 12.4. The van der Waals surface area contributed by atoms with Crippen molar-refractivity contribution in [3.63, 3.8) is 0 Å². The number of hydrogen-bond acceptors (Lipinski definition) is 4. The minimum Gasteiger partial charge on any atom is -0.496 e. The van der Waals surface area contributed by atoms with Crippen LogP contribution in [0, 0.1) is 0 Å². The highest BCUT2D eigenvalue weighted by Gasteiger charge is 2.21. The second kappa shape index (κ2) is 7.24. The van der Waals surface area contributed by atoms with Crippen LogP contribution in [0.25, 0.3) is 0 Å². The maximum Gasteiger partial charge on any atom is 0.257 e. The molecule has 0 aliphatic heterocycles. The third-order valence-electron chi connectivity index (χ3n) is 2.81. The van der Waals surface area contributed by atoms with Crippen molar-refractivity contribution in [2.24, 2.45) is 0 Å². The molecule has 0 saturated heterocycles. The SMILES string of the molecule is COc1cc(OC)c(C(=O)N(C)CC(C)Cl)cc1OC. The van der Waals surface area contributed by atoms with E-state index in [9.17, 15) is 4.79 Å². The molecule has 1 aromatic rings. The average molecular weight is 302 g/mol. The van der Waals surface area contributed by atoms with Gasteiger partial charge in [-0.25, -0.2) is 0 Å². The summed E-state index contributed by atoms with van der Waals surface area (Å²) in [6.45, 7) is 2.27. The Kier molecular flexibility index (Phi) is 5.95. The van der Waals surface area contributed by atoms with Gasteiger partial charge in [-0.15, -0.1) is 11.6 Å². The third kappa shape index (κ3) is 3.70. The van der Waals surface area contributed by atoms with E-state index in [1.807, 2.05) is 6.92 Å². The van der Waals surface area contributed by atoms with Crippen LogP contribution in [0.4, 0.5) is 0 Å². The van der Waals surface area contributed by atoms with Crippen LogP contribution in [0.5, 0.6) is 17.2 Å². The van der Waals surface area contributed by atoms with E-state index >= 15 is 0 Å². The lowest BCUT2D eigenvalue weighted by atomic mass is 10.1. The van der Waals surface area contributed by atoms with Crippen molar-refractivity contribution in [1.82, 2.24) is 4.90 Å². The van der Waals surface area contributed by atoms with Gasteiger partial charge < -0.3 is 19.1 Å². The van der Waals surface area contributed by atoms with Crippen LogP contribution in [-0.2, 0) is 0 Å². The minimum absolute atomic E-state index is 0.130. The van der Waals surface area contributed by atoms with Gasteiger partial charge in [-0.2, -0.15) is 0 Å². The molecule has 0 aliphatic carbocycles. The fraction of sp³-hybridized carbons (Fsp3) is 0.500. The predicted molar refractivity (Wildman–Crippen MR) is 78.4 cm³/mol. The Labute approximate surface area is 124 Å². The number of nitrogens with zero attached hydrogens (tertiary/aromatic N) is 1. The van der Waals surface area contributed by atoms with Crippen LogP contribution in [0.15, 0.2) is 12.1 Å². The van der Waals surface area contributed by atoms with Crippen molar-refractivity contribution in [2.45, 2.75) is 12.3 Å². The Bertz CT molecular complexity index is 476. The highest BCUT2D eigenvalue weighted by atomic mass is 35.5. The summed E-state index contributed by atoms with van der Waals surface area (Å²) >= 11 is 5.91. The van der Waals surface area contributed by atoms with E-state index in [1.54, 1.807) is 24.1 Å². The molecule has 1 aromatic carbocycles. The quantitative estimate of drug-likeness (QED) is 0.757. The van der Waals surface area contributed by atoms with Crippen molar-refractivity contribution in [1.29, 1.82) is 0 Å². The van der Waals surface area contributed by atoms with Gasteiger partial charge in [-0.3, -0.25) is 4.79 Å². The molecule has 0 aliphatic rings. The van der Waals surface area contributed by atoms with E-state index in [1.165, 1.54) is 21.3 Å². The van der Waals surface area contributed by atoms with Crippen molar-refractivity contribution in [3.05, 3.63) is 17.7 Å². The molecule has 1 unspecified atom stereocenters. The zero-order valence-corrected chi connectivity index (χ0v) is 13.2. The number of halogens is 1. The second-order valence-corrected chi connectivity index (χ2v) is 5.12. The van der Waals surface area contributed by atoms with Gasteiger partial charge in [0.15, 0.2) is 11.5 Å². The number of ether oxygens (including phenoxy) is 3. The molecule has 0 spiro atoms. The van der Waals surface area contributed by atoms with Crippen LogP contribution in [0.2, 0.25) is 0 Å². The van der Waals surface area contributed by atoms with Crippen molar-refractivity contribution >= 4 is 17.5 Å². The van der Waals surface area contributed by atoms with E-state index in [2.05, 4.69) is 0 Å². The lowest BCUT2D eigenvalue weighted by Gasteiger charge is -2.20. The zero-order valence-electron chi connectivity index (χ0n) is 12.4. The number of hydrogen-bond donors (Lipinski definition) is 0. The average Bonchev–Trinajstić information content (AvgIpc) is 2.44. The summed E-state index contributed by atoms with van der Waals surface area (Å²) in [5, 5.41) is -0.130. The molecular formula is C14H20ClNO4. The van der Waals surface area contributed by atoms with Crippen LogP contribution in [0.3, 0.4) is 0 Å². The topological polar surface area (TPSA) is 48.0 Å². The number of benzene rings is 1. The van der Waals surface area contributed by atoms with Crippen LogP contribution in [0.1, 0.15) is 17.3 Å². The Hall–Kier alpha value is -1.62. The smallest absolute Gasteiger partial charge is 0.257 e. The Morgan fingerprint density at radius 2 is 1.65 bits per heavy atom. The number of carbonyl (C=O) groups is 1. The van der Waals surface area contributed by atoms with Gasteiger partial charge in [-0.05, 0) is 6.92 Å². The monoisotopic (exact) mass is 301 g/mol. The summed E-state index contributed by atoms with van der Waals surface area (Å²) in [5.41, 5.74) is 0.407. The van der Waals surface area contributed by atoms with Gasteiger partial charge in [0.25, 0.3) is 5.91 Å². The molecular weight excluding hydrogens is 282 g/mol. The minimum atomic E-state index is -0.185. The first-order valence-corrected chi connectivity index (χ1v) is 6.57. The van der Waals surface area contributed by atoms with Crippen LogP contribution >= 0.6 is 11.6 Å². The first-order valence-electron chi connectivity index (χ1n) is 6.14. The molecule has 0 bridgehead atoms. The largest absolute Gasteiger partial charge is 0.496 e. The molecule has 6 heteroatoms. The van der Waals surface area contributed by atoms with E-state index in [-0.39, 0.29) is 11.3 Å². The van der Waals surface area contributed by atoms with E-state index in [4.69, 9.17) is 25.8 Å². The Morgan fingerprint density at radius 1 is 1.15 bits per heavy atom. The summed E-state index contributed by atoms with van der Waals surface area (Å²) in [7, 11) is 6.24. The summed E-state index contributed by atoms with van der Waals surface area (Å²) < 4.78 is 15.6. The van der Waals surface area contributed by atoms with E-state index in [0.717, 1.165) is 0 Å². The van der Waals surface area contributed by atoms with Gasteiger partial charge in [0.05, 0.1) is 26.9 Å². The highest BCUT2D eigenvalue weighted by molar-refractivity contribution is 6.20. The van der Waals surface area contributed by atoms with Gasteiger partial charge in [0.2, 0.25) is 0 Å². The van der Waals surface area contributed by atoms with E-state index in [0.29, 0.717) is 29.4 Å². The number of carbonyl (C=O) groups excluding carboxylic acids is 1. The lowest BCUT2D eigenvalue weighted by Crippen LogP contribution is -2.31. The van der Waals surface area contributed by atoms with Crippen molar-refractivity contribution in [2.75, 3.05) is 34.9 Å². The first kappa shape index (κ1) is 16.4. The van der Waals surface area contributed by atoms with Gasteiger partial charge in [-0.1, -0.05) is 0 Å². The molecule has 0 fully saturated rings. The third-order valence-corrected chi connectivity index (χ3v) is 2.95. The fourth-order valence-electron chi connectivity index (χ4n) is 1.86. The first-order chi connectivity index (χ1) is 9.44. The molecule has 1 amide bonds. The van der Waals surface area contributed by atoms with Gasteiger partial charge in [0.1, 0.15) is 5.75 Å².